The van der Waals surface area contributed by atoms with Crippen molar-refractivity contribution in [3.8, 4) is 61.3 Å². The lowest BCUT2D eigenvalue weighted by molar-refractivity contribution is 0.658. The Hall–Kier alpha value is -9.34. The van der Waals surface area contributed by atoms with Crippen LogP contribution in [-0.2, 0) is 17.3 Å². The molecule has 0 saturated carbocycles. The zero-order chi connectivity index (χ0) is 52.8. The van der Waals surface area contributed by atoms with Gasteiger partial charge in [-0.2, -0.15) is 0 Å². The lowest BCUT2D eigenvalue weighted by atomic mass is 9.70. The van der Waals surface area contributed by atoms with Gasteiger partial charge in [-0.3, -0.25) is 0 Å². The monoisotopic (exact) mass is 1040 g/mol. The second-order valence-electron chi connectivity index (χ2n) is 23.0. The summed E-state index contributed by atoms with van der Waals surface area (Å²) in [6.07, 6.45) is 0.871. The van der Waals surface area contributed by atoms with Gasteiger partial charge < -0.3 is 4.57 Å². The van der Waals surface area contributed by atoms with Gasteiger partial charge in [-0.1, -0.05) is 226 Å². The van der Waals surface area contributed by atoms with Crippen molar-refractivity contribution in [2.24, 2.45) is 0 Å². The summed E-state index contributed by atoms with van der Waals surface area (Å²) >= 11 is 1.91. The Bertz CT molecular complexity index is 4830. The number of nitrogens with zero attached hydrogens (tertiary/aromatic N) is 1. The molecular weight excluding hydrogens is 983 g/mol. The Morgan fingerprint density at radius 1 is 0.362 bits per heavy atom. The molecule has 2 heterocycles. The Balaban J connectivity index is 0.807. The van der Waals surface area contributed by atoms with Gasteiger partial charge >= 0.3 is 0 Å². The van der Waals surface area contributed by atoms with Gasteiger partial charge in [-0.15, -0.1) is 11.3 Å². The summed E-state index contributed by atoms with van der Waals surface area (Å²) < 4.78 is 5.04. The number of hydrogen-bond donors (Lipinski definition) is 0. The van der Waals surface area contributed by atoms with Gasteiger partial charge in [0.2, 0.25) is 0 Å². The van der Waals surface area contributed by atoms with E-state index < -0.39 is 0 Å². The molecule has 0 bridgehead atoms. The highest BCUT2D eigenvalue weighted by molar-refractivity contribution is 7.25. The van der Waals surface area contributed by atoms with Crippen LogP contribution in [-0.4, -0.2) is 4.57 Å². The molecule has 14 aromatic rings. The Labute approximate surface area is 470 Å². The molecule has 1 nitrogen and oxygen atoms in total. The largest absolute Gasteiger partial charge is 0.309 e. The first-order valence-corrected chi connectivity index (χ1v) is 29.0. The molecule has 0 fully saturated rings. The molecule has 80 heavy (non-hydrogen) atoms. The molecule has 0 aliphatic heterocycles. The van der Waals surface area contributed by atoms with Crippen molar-refractivity contribution < 1.29 is 0 Å². The third-order valence-electron chi connectivity index (χ3n) is 18.7. The van der Waals surface area contributed by atoms with E-state index in [-0.39, 0.29) is 16.7 Å². The van der Waals surface area contributed by atoms with Crippen molar-refractivity contribution in [2.75, 3.05) is 0 Å². The van der Waals surface area contributed by atoms with Crippen LogP contribution < -0.4 is 0 Å². The predicted octanol–water partition coefficient (Wildman–Crippen LogP) is 20.5. The summed E-state index contributed by atoms with van der Waals surface area (Å²) in [6.45, 7) is 4.80. The SMILES string of the molecule is CC1(C)c2ccccc2-c2ccc(CC(c3ccc(-c4ccc5c(c4)C4(c6ccccc6-c6ccccc64)c4ccccc4-5)cc3)c3cccc4sc5ccc(-c6ccc7c(c6)c6ccccc6n7-c6ccccc6)cc5c34)cc21. The van der Waals surface area contributed by atoms with Crippen molar-refractivity contribution >= 4 is 53.3 Å². The number of benzene rings is 12. The summed E-state index contributed by atoms with van der Waals surface area (Å²) in [5, 5.41) is 5.21. The number of rotatable bonds is 7. The third-order valence-corrected chi connectivity index (χ3v) is 19.8. The van der Waals surface area contributed by atoms with Gasteiger partial charge in [0.05, 0.1) is 16.4 Å². The van der Waals surface area contributed by atoms with Gasteiger partial charge in [0.15, 0.2) is 0 Å². The van der Waals surface area contributed by atoms with Crippen LogP contribution in [0, 0.1) is 0 Å². The maximum atomic E-state index is 2.53. The topological polar surface area (TPSA) is 4.93 Å². The van der Waals surface area contributed by atoms with E-state index >= 15 is 0 Å². The highest BCUT2D eigenvalue weighted by atomic mass is 32.1. The predicted molar refractivity (Wildman–Crippen MR) is 337 cm³/mol. The van der Waals surface area contributed by atoms with Crippen LogP contribution in [0.3, 0.4) is 0 Å². The number of hydrogen-bond acceptors (Lipinski definition) is 1. The van der Waals surface area contributed by atoms with Crippen molar-refractivity contribution in [1.82, 2.24) is 4.57 Å². The van der Waals surface area contributed by atoms with Gasteiger partial charge in [-0.05, 0) is 167 Å². The molecule has 1 unspecified atom stereocenters. The van der Waals surface area contributed by atoms with Crippen molar-refractivity contribution in [3.63, 3.8) is 0 Å². The molecular formula is C78H53NS. The molecule has 3 aliphatic rings. The number of fused-ring (bicyclic) bond motifs is 19. The normalized spacial score (nSPS) is 14.3. The standard InChI is InChI=1S/C78H53NS/c1-77(2)66-25-11-6-19-55(66)59-39-31-48(44-70(59)77)43-63(50-34-32-49(33-35-50)53-36-40-60-58-22-9-14-28-69(58)78(71(60)47-53)67-26-12-7-20-56(67)57-21-8-13-27-68(57)78)62-24-16-30-75-76(62)65-46-52(38-42-74(65)80-75)51-37-41-73-64(45-51)61-23-10-15-29-72(61)79(73)54-17-4-3-5-18-54/h3-42,44-47,63H,43H2,1-2H3. The Morgan fingerprint density at radius 2 is 0.900 bits per heavy atom. The summed E-state index contributed by atoms with van der Waals surface area (Å²) in [5.41, 5.74) is 28.5. The lowest BCUT2D eigenvalue weighted by Crippen LogP contribution is -2.25. The Morgan fingerprint density at radius 3 is 1.62 bits per heavy atom. The first-order valence-electron chi connectivity index (χ1n) is 28.2. The summed E-state index contributed by atoms with van der Waals surface area (Å²) in [6, 6.07) is 101. The quantitative estimate of drug-likeness (QED) is 0.150. The van der Waals surface area contributed by atoms with Gasteiger partial charge in [0.1, 0.15) is 0 Å². The first kappa shape index (κ1) is 45.7. The molecule has 12 aromatic carbocycles. The maximum Gasteiger partial charge on any atom is 0.0725 e. The van der Waals surface area contributed by atoms with E-state index in [1.54, 1.807) is 0 Å². The van der Waals surface area contributed by atoms with Crippen LogP contribution in [0.15, 0.2) is 267 Å². The highest BCUT2D eigenvalue weighted by Crippen LogP contribution is 2.63. The first-order chi connectivity index (χ1) is 39.4. The fourth-order valence-corrected chi connectivity index (χ4v) is 16.2. The molecule has 3 aliphatic carbocycles. The second kappa shape index (κ2) is 17.1. The summed E-state index contributed by atoms with van der Waals surface area (Å²) in [7, 11) is 0. The van der Waals surface area contributed by atoms with Gasteiger partial charge in [0, 0.05) is 48.0 Å². The maximum absolute atomic E-state index is 2.53. The molecule has 0 N–H and O–H groups in total. The van der Waals surface area contributed by atoms with Crippen molar-refractivity contribution in [3.05, 3.63) is 317 Å². The molecule has 1 atom stereocenters. The van der Waals surface area contributed by atoms with Crippen LogP contribution in [0.1, 0.15) is 69.8 Å². The van der Waals surface area contributed by atoms with Crippen molar-refractivity contribution in [2.45, 2.75) is 37.0 Å². The van der Waals surface area contributed by atoms with E-state index in [2.05, 4.69) is 285 Å². The van der Waals surface area contributed by atoms with E-state index in [4.69, 9.17) is 0 Å². The van der Waals surface area contributed by atoms with Crippen LogP contribution in [0.5, 0.6) is 0 Å². The van der Waals surface area contributed by atoms with Crippen LogP contribution in [0.25, 0.3) is 103 Å². The van der Waals surface area contributed by atoms with Crippen LogP contribution in [0.4, 0.5) is 0 Å². The fraction of sp³-hybridized carbons (Fsp3) is 0.0769. The molecule has 376 valence electrons. The minimum absolute atomic E-state index is 0.0863. The van der Waals surface area contributed by atoms with E-state index in [1.807, 2.05) is 11.3 Å². The molecule has 1 spiro atoms. The zero-order valence-electron chi connectivity index (χ0n) is 44.5. The van der Waals surface area contributed by atoms with Crippen LogP contribution >= 0.6 is 11.3 Å². The smallest absolute Gasteiger partial charge is 0.0725 e. The van der Waals surface area contributed by atoms with Gasteiger partial charge in [0.25, 0.3) is 0 Å². The highest BCUT2D eigenvalue weighted by Gasteiger charge is 2.51. The van der Waals surface area contributed by atoms with E-state index in [1.165, 1.54) is 153 Å². The zero-order valence-corrected chi connectivity index (χ0v) is 45.4. The van der Waals surface area contributed by atoms with Crippen LogP contribution in [0.2, 0.25) is 0 Å². The molecule has 17 rings (SSSR count). The fourth-order valence-electron chi connectivity index (χ4n) is 15.0. The lowest BCUT2D eigenvalue weighted by Gasteiger charge is -2.30. The summed E-state index contributed by atoms with van der Waals surface area (Å²) in [5.74, 6) is 0.0869. The third kappa shape index (κ3) is 6.40. The average molecular weight is 1040 g/mol. The molecule has 2 aromatic heterocycles. The van der Waals surface area contributed by atoms with E-state index in [0.29, 0.717) is 0 Å². The molecule has 0 radical (unpaired) electrons. The van der Waals surface area contributed by atoms with E-state index in [9.17, 15) is 0 Å². The second-order valence-corrected chi connectivity index (χ2v) is 24.1. The minimum atomic E-state index is -0.386. The van der Waals surface area contributed by atoms with E-state index in [0.717, 1.165) is 6.42 Å². The van der Waals surface area contributed by atoms with Gasteiger partial charge in [-0.25, -0.2) is 0 Å². The molecule has 0 amide bonds. The van der Waals surface area contributed by atoms with Crippen molar-refractivity contribution in [1.29, 1.82) is 0 Å². The number of thiophene rings is 1. The Kier molecular flexibility index (Phi) is 9.75. The molecule has 0 saturated heterocycles. The minimum Gasteiger partial charge on any atom is -0.309 e. The molecule has 2 heteroatoms. The summed E-state index contributed by atoms with van der Waals surface area (Å²) in [4.78, 5) is 0. The average Bonchev–Trinajstić information content (AvgIpc) is 4.48. The number of aromatic nitrogens is 1. The number of para-hydroxylation sites is 2.